The van der Waals surface area contributed by atoms with E-state index in [4.69, 9.17) is 5.11 Å². The van der Waals surface area contributed by atoms with Crippen LogP contribution in [0, 0.1) is 26.1 Å². The molecule has 0 aliphatic carbocycles. The molecule has 2 unspecified atom stereocenters. The summed E-state index contributed by atoms with van der Waals surface area (Å²) in [6.07, 6.45) is -2.35. The Morgan fingerprint density at radius 3 is 2.12 bits per heavy atom. The predicted molar refractivity (Wildman–Crippen MR) is 50.4 cm³/mol. The zero-order valence-electron chi connectivity index (χ0n) is 8.90. The van der Waals surface area contributed by atoms with Gasteiger partial charge < -0.3 is 10.2 Å². The third-order valence-electron chi connectivity index (χ3n) is 1.94. The van der Waals surface area contributed by atoms with Gasteiger partial charge >= 0.3 is 10.8 Å². The van der Waals surface area contributed by atoms with Crippen LogP contribution in [-0.2, 0) is 4.84 Å². The lowest BCUT2D eigenvalue weighted by Crippen LogP contribution is -2.55. The van der Waals surface area contributed by atoms with E-state index in [0.29, 0.717) is 0 Å². The molecule has 94 valence electrons. The fourth-order valence-electron chi connectivity index (χ4n) is 1.32. The van der Waals surface area contributed by atoms with E-state index in [2.05, 4.69) is 4.84 Å². The normalized spacial score (nSPS) is 16.6. The summed E-state index contributed by atoms with van der Waals surface area (Å²) in [6, 6.07) is 0. The highest BCUT2D eigenvalue weighted by Crippen LogP contribution is 2.26. The number of nitro groups is 1. The Balaban J connectivity index is 5.20. The molecule has 0 aromatic carbocycles. The molecule has 0 saturated heterocycles. The van der Waals surface area contributed by atoms with Gasteiger partial charge in [-0.15, -0.1) is 10.1 Å². The van der Waals surface area contributed by atoms with Crippen LogP contribution in [0.15, 0.2) is 0 Å². The lowest BCUT2D eigenvalue weighted by atomic mass is 9.96. The van der Waals surface area contributed by atoms with Crippen molar-refractivity contribution >= 4 is 0 Å². The molecular formula is C7H14N2O7. The minimum atomic E-state index is -2.62. The SMILES string of the molecule is CC(C)CC(O[N+](=O)[O-])(C(O)CO)[N+](=O)[O-]. The standard InChI is InChI=1S/C7H14N2O7/c1-5(2)3-7(8(12)13,6(11)4-10)16-9(14)15/h5-6,10-11H,3-4H2,1-2H3. The van der Waals surface area contributed by atoms with E-state index in [1.807, 2.05) is 0 Å². The second-order valence-electron chi connectivity index (χ2n) is 3.71. The van der Waals surface area contributed by atoms with Gasteiger partial charge in [0.2, 0.25) is 0 Å². The van der Waals surface area contributed by atoms with Crippen molar-refractivity contribution in [2.45, 2.75) is 32.1 Å². The maximum atomic E-state index is 10.8. The molecule has 0 radical (unpaired) electrons. The van der Waals surface area contributed by atoms with E-state index >= 15 is 0 Å². The zero-order valence-corrected chi connectivity index (χ0v) is 8.90. The Morgan fingerprint density at radius 1 is 1.38 bits per heavy atom. The van der Waals surface area contributed by atoms with Crippen LogP contribution in [0.3, 0.4) is 0 Å². The van der Waals surface area contributed by atoms with Crippen LogP contribution in [0.5, 0.6) is 0 Å². The monoisotopic (exact) mass is 238 g/mol. The molecule has 9 heteroatoms. The zero-order chi connectivity index (χ0) is 12.9. The molecular weight excluding hydrogens is 224 g/mol. The number of hydrogen-bond acceptors (Lipinski definition) is 7. The van der Waals surface area contributed by atoms with Gasteiger partial charge in [0.05, 0.1) is 11.5 Å². The first-order valence-corrected chi connectivity index (χ1v) is 4.53. The van der Waals surface area contributed by atoms with Crippen molar-refractivity contribution < 1.29 is 25.1 Å². The summed E-state index contributed by atoms with van der Waals surface area (Å²) in [5, 5.41) is 37.7. The van der Waals surface area contributed by atoms with Crippen molar-refractivity contribution in [3.8, 4) is 0 Å². The van der Waals surface area contributed by atoms with Gasteiger partial charge in [0.15, 0.2) is 6.10 Å². The highest BCUT2D eigenvalue weighted by Gasteiger charge is 2.54. The summed E-state index contributed by atoms with van der Waals surface area (Å²) in [5.74, 6) is -0.327. The molecule has 2 N–H and O–H groups in total. The Bertz CT molecular complexity index is 269. The van der Waals surface area contributed by atoms with E-state index in [1.165, 1.54) is 0 Å². The smallest absolute Gasteiger partial charge is 0.391 e. The van der Waals surface area contributed by atoms with Gasteiger partial charge in [0.1, 0.15) is 0 Å². The lowest BCUT2D eigenvalue weighted by Gasteiger charge is -2.27. The first-order chi connectivity index (χ1) is 7.26. The number of hydrogen-bond donors (Lipinski definition) is 2. The molecule has 0 bridgehead atoms. The molecule has 2 atom stereocenters. The van der Waals surface area contributed by atoms with Crippen LogP contribution in [0.2, 0.25) is 0 Å². The highest BCUT2D eigenvalue weighted by molar-refractivity contribution is 4.78. The Kier molecular flexibility index (Phi) is 5.05. The quantitative estimate of drug-likeness (QED) is 0.348. The van der Waals surface area contributed by atoms with Crippen molar-refractivity contribution in [3.05, 3.63) is 20.2 Å². The fourth-order valence-corrected chi connectivity index (χ4v) is 1.32. The van der Waals surface area contributed by atoms with E-state index in [0.717, 1.165) is 0 Å². The first kappa shape index (κ1) is 14.5. The van der Waals surface area contributed by atoms with Crippen molar-refractivity contribution in [1.29, 1.82) is 0 Å². The van der Waals surface area contributed by atoms with Gasteiger partial charge in [-0.2, -0.15) is 0 Å². The minimum Gasteiger partial charge on any atom is -0.393 e. The van der Waals surface area contributed by atoms with Gasteiger partial charge in [0.25, 0.3) is 0 Å². The van der Waals surface area contributed by atoms with Crippen LogP contribution in [-0.4, -0.2) is 38.7 Å². The molecule has 0 fully saturated rings. The van der Waals surface area contributed by atoms with Crippen molar-refractivity contribution in [2.24, 2.45) is 5.92 Å². The van der Waals surface area contributed by atoms with Crippen LogP contribution in [0.1, 0.15) is 20.3 Å². The minimum absolute atomic E-state index is 0.327. The summed E-state index contributed by atoms with van der Waals surface area (Å²) >= 11 is 0. The average Bonchev–Trinajstić information content (AvgIpc) is 2.13. The van der Waals surface area contributed by atoms with Crippen LogP contribution in [0.25, 0.3) is 0 Å². The summed E-state index contributed by atoms with van der Waals surface area (Å²) in [7, 11) is 0. The Hall–Kier alpha value is -1.48. The second-order valence-corrected chi connectivity index (χ2v) is 3.71. The Labute approximate surface area is 90.9 Å². The molecule has 0 rings (SSSR count). The summed E-state index contributed by atoms with van der Waals surface area (Å²) in [6.45, 7) is 2.15. The molecule has 0 aromatic heterocycles. The molecule has 0 aliphatic heterocycles. The molecule has 0 spiro atoms. The lowest BCUT2D eigenvalue weighted by molar-refractivity contribution is -0.858. The highest BCUT2D eigenvalue weighted by atomic mass is 17.0. The number of aliphatic hydroxyl groups is 2. The summed E-state index contributed by atoms with van der Waals surface area (Å²) in [4.78, 5) is 23.9. The summed E-state index contributed by atoms with van der Waals surface area (Å²) in [5.41, 5.74) is -2.62. The van der Waals surface area contributed by atoms with Gasteiger partial charge in [-0.3, -0.25) is 10.1 Å². The van der Waals surface area contributed by atoms with Gasteiger partial charge in [-0.1, -0.05) is 13.8 Å². The number of nitrogens with zero attached hydrogens (tertiary/aromatic N) is 2. The number of aliphatic hydroxyl groups excluding tert-OH is 2. The van der Waals surface area contributed by atoms with E-state index in [9.17, 15) is 25.3 Å². The first-order valence-electron chi connectivity index (χ1n) is 4.53. The van der Waals surface area contributed by atoms with E-state index < -0.39 is 28.4 Å². The fraction of sp³-hybridized carbons (Fsp3) is 1.00. The molecule has 0 saturated carbocycles. The van der Waals surface area contributed by atoms with Gasteiger partial charge in [0, 0.05) is 6.42 Å². The second kappa shape index (κ2) is 5.56. The largest absolute Gasteiger partial charge is 0.393 e. The maximum Gasteiger partial charge on any atom is 0.391 e. The topological polar surface area (TPSA) is 136 Å². The van der Waals surface area contributed by atoms with Crippen molar-refractivity contribution in [3.63, 3.8) is 0 Å². The van der Waals surface area contributed by atoms with Crippen LogP contribution >= 0.6 is 0 Å². The molecule has 0 aliphatic rings. The van der Waals surface area contributed by atoms with Gasteiger partial charge in [-0.25, -0.2) is 4.84 Å². The molecule has 9 nitrogen and oxygen atoms in total. The predicted octanol–water partition coefficient (Wildman–Crippen LogP) is -0.433. The average molecular weight is 238 g/mol. The molecule has 0 aromatic rings. The van der Waals surface area contributed by atoms with Crippen LogP contribution in [0.4, 0.5) is 0 Å². The van der Waals surface area contributed by atoms with E-state index in [1.54, 1.807) is 13.8 Å². The summed E-state index contributed by atoms with van der Waals surface area (Å²) < 4.78 is 0. The molecule has 16 heavy (non-hydrogen) atoms. The Morgan fingerprint density at radius 2 is 1.88 bits per heavy atom. The third-order valence-corrected chi connectivity index (χ3v) is 1.94. The molecule has 0 heterocycles. The third kappa shape index (κ3) is 3.28. The van der Waals surface area contributed by atoms with Crippen molar-refractivity contribution in [2.75, 3.05) is 6.61 Å². The van der Waals surface area contributed by atoms with E-state index in [-0.39, 0.29) is 12.3 Å². The number of rotatable bonds is 7. The van der Waals surface area contributed by atoms with Crippen molar-refractivity contribution in [1.82, 2.24) is 0 Å². The van der Waals surface area contributed by atoms with Gasteiger partial charge in [-0.05, 0) is 5.92 Å². The maximum absolute atomic E-state index is 10.8. The van der Waals surface area contributed by atoms with Crippen LogP contribution < -0.4 is 0 Å². The molecule has 0 amide bonds.